The van der Waals surface area contributed by atoms with Gasteiger partial charge in [0, 0.05) is 34.8 Å². The fraction of sp³-hybridized carbons (Fsp3) is 0.346. The van der Waals surface area contributed by atoms with Crippen LogP contribution in [0.25, 0.3) is 16.6 Å². The molecule has 164 valence electrons. The summed E-state index contributed by atoms with van der Waals surface area (Å²) >= 11 is 0. The van der Waals surface area contributed by atoms with Crippen LogP contribution < -0.4 is 5.32 Å². The number of rotatable bonds is 8. The van der Waals surface area contributed by atoms with E-state index in [2.05, 4.69) is 44.9 Å². The molecule has 0 amide bonds. The van der Waals surface area contributed by atoms with E-state index in [1.54, 1.807) is 12.7 Å². The molecule has 6 nitrogen and oxygen atoms in total. The second-order valence-corrected chi connectivity index (χ2v) is 8.79. The van der Waals surface area contributed by atoms with Crippen molar-refractivity contribution in [1.29, 1.82) is 0 Å². The normalized spacial score (nSPS) is 15.8. The molecule has 6 heteroatoms. The summed E-state index contributed by atoms with van der Waals surface area (Å²) < 4.78 is 1.92. The zero-order valence-electron chi connectivity index (χ0n) is 18.2. The van der Waals surface area contributed by atoms with Crippen molar-refractivity contribution in [2.24, 2.45) is 11.8 Å². The van der Waals surface area contributed by atoms with E-state index in [9.17, 15) is 4.79 Å². The van der Waals surface area contributed by atoms with Crippen molar-refractivity contribution in [3.63, 3.8) is 0 Å². The lowest BCUT2D eigenvalue weighted by Crippen LogP contribution is -2.32. The fourth-order valence-corrected chi connectivity index (χ4v) is 5.01. The topological polar surface area (TPSA) is 75.6 Å². The largest absolute Gasteiger partial charge is 0.361 e. The molecule has 1 saturated heterocycles. The minimum atomic E-state index is 0.267. The van der Waals surface area contributed by atoms with Crippen molar-refractivity contribution in [3.05, 3.63) is 78.5 Å². The summed E-state index contributed by atoms with van der Waals surface area (Å²) in [6.07, 6.45) is 10.5. The summed E-state index contributed by atoms with van der Waals surface area (Å²) in [5.74, 6) is 1.26. The van der Waals surface area contributed by atoms with Crippen LogP contribution in [0.5, 0.6) is 0 Å². The van der Waals surface area contributed by atoms with Gasteiger partial charge in [0.05, 0.1) is 0 Å². The molecule has 0 bridgehead atoms. The molecule has 0 spiro atoms. The lowest BCUT2D eigenvalue weighted by Gasteiger charge is -2.30. The molecule has 3 heterocycles. The van der Waals surface area contributed by atoms with E-state index in [0.717, 1.165) is 55.5 Å². The summed E-state index contributed by atoms with van der Waals surface area (Å²) in [6, 6.07) is 16.1. The SMILES string of the molecule is O=C(CC(CCc1c[nH]c2ccc(-n3cnnc3)cc12)C1CCNCC1)c1ccccc1. The summed E-state index contributed by atoms with van der Waals surface area (Å²) in [5.41, 5.74) is 4.33. The van der Waals surface area contributed by atoms with Crippen molar-refractivity contribution in [2.45, 2.75) is 32.1 Å². The van der Waals surface area contributed by atoms with Gasteiger partial charge in [0.15, 0.2) is 5.78 Å². The van der Waals surface area contributed by atoms with Crippen molar-refractivity contribution < 1.29 is 4.79 Å². The second-order valence-electron chi connectivity index (χ2n) is 8.79. The van der Waals surface area contributed by atoms with E-state index in [0.29, 0.717) is 18.3 Å². The molecule has 5 rings (SSSR count). The predicted octanol–water partition coefficient (Wildman–Crippen LogP) is 4.57. The van der Waals surface area contributed by atoms with Gasteiger partial charge in [0.1, 0.15) is 12.7 Å². The Morgan fingerprint density at radius 3 is 2.62 bits per heavy atom. The number of benzene rings is 2. The highest BCUT2D eigenvalue weighted by Gasteiger charge is 2.26. The molecule has 1 unspecified atom stereocenters. The van der Waals surface area contributed by atoms with E-state index >= 15 is 0 Å². The molecule has 32 heavy (non-hydrogen) atoms. The van der Waals surface area contributed by atoms with Gasteiger partial charge in [-0.1, -0.05) is 30.3 Å². The van der Waals surface area contributed by atoms with Crippen LogP contribution in [0.1, 0.15) is 41.6 Å². The molecule has 2 N–H and O–H groups in total. The maximum absolute atomic E-state index is 13.0. The average Bonchev–Trinajstić information content (AvgIpc) is 3.53. The Morgan fingerprint density at radius 2 is 1.84 bits per heavy atom. The van der Waals surface area contributed by atoms with Gasteiger partial charge in [-0.3, -0.25) is 9.36 Å². The third-order valence-electron chi connectivity index (χ3n) is 6.85. The number of ketones is 1. The smallest absolute Gasteiger partial charge is 0.163 e. The van der Waals surface area contributed by atoms with Crippen molar-refractivity contribution in [2.75, 3.05) is 13.1 Å². The standard InChI is InChI=1S/C26H29N5O/c32-26(20-4-2-1-3-5-20)14-21(19-10-12-27-13-11-19)6-7-22-16-28-25-9-8-23(15-24(22)25)31-17-29-30-18-31/h1-5,8-9,15-19,21,27-28H,6-7,10-14H2. The van der Waals surface area contributed by atoms with Crippen molar-refractivity contribution in [3.8, 4) is 5.69 Å². The molecule has 1 fully saturated rings. The maximum atomic E-state index is 13.0. The van der Waals surface area contributed by atoms with Crippen molar-refractivity contribution >= 4 is 16.7 Å². The van der Waals surface area contributed by atoms with Gasteiger partial charge in [-0.05, 0) is 74.4 Å². The molecule has 1 aliphatic rings. The molecule has 2 aromatic heterocycles. The Balaban J connectivity index is 1.35. The van der Waals surface area contributed by atoms with Crippen LogP contribution >= 0.6 is 0 Å². The Bertz CT molecular complexity index is 1160. The molecule has 2 aromatic carbocycles. The third-order valence-corrected chi connectivity index (χ3v) is 6.85. The minimum absolute atomic E-state index is 0.267. The number of carbonyl (C=O) groups excluding carboxylic acids is 1. The molecule has 4 aromatic rings. The van der Waals surface area contributed by atoms with E-state index in [-0.39, 0.29) is 5.78 Å². The second kappa shape index (κ2) is 9.49. The first-order valence-corrected chi connectivity index (χ1v) is 11.5. The molecule has 1 aliphatic heterocycles. The van der Waals surface area contributed by atoms with Crippen LogP contribution in [0, 0.1) is 11.8 Å². The highest BCUT2D eigenvalue weighted by Crippen LogP contribution is 2.32. The number of Topliss-reactive ketones (excluding diaryl/α,β-unsaturated/α-hetero) is 1. The van der Waals surface area contributed by atoms with E-state index in [1.807, 2.05) is 34.9 Å². The molecular weight excluding hydrogens is 398 g/mol. The highest BCUT2D eigenvalue weighted by atomic mass is 16.1. The predicted molar refractivity (Wildman–Crippen MR) is 126 cm³/mol. The van der Waals surface area contributed by atoms with Gasteiger partial charge in [0.2, 0.25) is 0 Å². The number of aryl methyl sites for hydroxylation is 1. The van der Waals surface area contributed by atoms with Crippen LogP contribution in [-0.4, -0.2) is 38.6 Å². The molecule has 1 atom stereocenters. The number of piperidine rings is 1. The summed E-state index contributed by atoms with van der Waals surface area (Å²) in [4.78, 5) is 16.4. The quantitative estimate of drug-likeness (QED) is 0.404. The Labute approximate surface area is 188 Å². The van der Waals surface area contributed by atoms with Crippen LogP contribution in [0.2, 0.25) is 0 Å². The van der Waals surface area contributed by atoms with E-state index in [4.69, 9.17) is 0 Å². The first kappa shape index (κ1) is 20.6. The van der Waals surface area contributed by atoms with Gasteiger partial charge in [-0.25, -0.2) is 0 Å². The summed E-state index contributed by atoms with van der Waals surface area (Å²) in [6.45, 7) is 2.10. The number of nitrogens with one attached hydrogen (secondary N) is 2. The monoisotopic (exact) mass is 427 g/mol. The van der Waals surface area contributed by atoms with Crippen molar-refractivity contribution in [1.82, 2.24) is 25.1 Å². The van der Waals surface area contributed by atoms with Gasteiger partial charge in [-0.2, -0.15) is 0 Å². The number of hydrogen-bond acceptors (Lipinski definition) is 4. The van der Waals surface area contributed by atoms with Crippen LogP contribution in [0.4, 0.5) is 0 Å². The van der Waals surface area contributed by atoms with Gasteiger partial charge in [0.25, 0.3) is 0 Å². The summed E-state index contributed by atoms with van der Waals surface area (Å²) in [7, 11) is 0. The number of aromatic amines is 1. The maximum Gasteiger partial charge on any atom is 0.163 e. The van der Waals surface area contributed by atoms with E-state index < -0.39 is 0 Å². The van der Waals surface area contributed by atoms with Crippen LogP contribution in [0.15, 0.2) is 67.4 Å². The first-order valence-electron chi connectivity index (χ1n) is 11.5. The number of H-pyrrole nitrogens is 1. The number of nitrogens with zero attached hydrogens (tertiary/aromatic N) is 3. The summed E-state index contributed by atoms with van der Waals surface area (Å²) in [5, 5.41) is 12.5. The average molecular weight is 428 g/mol. The number of carbonyl (C=O) groups is 1. The lowest BCUT2D eigenvalue weighted by atomic mass is 9.78. The zero-order valence-corrected chi connectivity index (χ0v) is 18.2. The molecule has 0 saturated carbocycles. The fourth-order valence-electron chi connectivity index (χ4n) is 5.01. The van der Waals surface area contributed by atoms with Crippen LogP contribution in [0.3, 0.4) is 0 Å². The highest BCUT2D eigenvalue weighted by molar-refractivity contribution is 5.96. The van der Waals surface area contributed by atoms with Gasteiger partial charge < -0.3 is 10.3 Å². The molecule has 0 radical (unpaired) electrons. The Kier molecular flexibility index (Phi) is 6.12. The number of aromatic nitrogens is 4. The van der Waals surface area contributed by atoms with Crippen LogP contribution in [-0.2, 0) is 6.42 Å². The number of fused-ring (bicyclic) bond motifs is 1. The number of hydrogen-bond donors (Lipinski definition) is 2. The van der Waals surface area contributed by atoms with Gasteiger partial charge >= 0.3 is 0 Å². The molecular formula is C26H29N5O. The minimum Gasteiger partial charge on any atom is -0.361 e. The third kappa shape index (κ3) is 4.50. The zero-order chi connectivity index (χ0) is 21.8. The Hall–Kier alpha value is -3.25. The Morgan fingerprint density at radius 1 is 1.06 bits per heavy atom. The van der Waals surface area contributed by atoms with Gasteiger partial charge in [-0.15, -0.1) is 10.2 Å². The first-order chi connectivity index (χ1) is 15.8. The molecule has 0 aliphatic carbocycles. The lowest BCUT2D eigenvalue weighted by molar-refractivity contribution is 0.0928. The van der Waals surface area contributed by atoms with E-state index in [1.165, 1.54) is 10.9 Å².